The van der Waals surface area contributed by atoms with Crippen molar-refractivity contribution < 1.29 is 18.3 Å². The summed E-state index contributed by atoms with van der Waals surface area (Å²) in [7, 11) is -3.36. The van der Waals surface area contributed by atoms with E-state index >= 15 is 0 Å². The highest BCUT2D eigenvalue weighted by atomic mass is 32.2. The molecular formula is C13H19NO4S2. The fraction of sp³-hybridized carbons (Fsp3) is 0.462. The normalized spacial score (nSPS) is 11.4. The Hall–Kier alpha value is -1.05. The summed E-state index contributed by atoms with van der Waals surface area (Å²) in [6.45, 7) is 0.441. The van der Waals surface area contributed by atoms with E-state index in [-0.39, 0.29) is 11.3 Å². The number of carbonyl (C=O) groups is 1. The number of nitrogens with one attached hydrogen (secondary N) is 1. The zero-order valence-corrected chi connectivity index (χ0v) is 13.0. The predicted octanol–water partition coefficient (Wildman–Crippen LogP) is 1.95. The molecule has 0 atom stereocenters. The summed E-state index contributed by atoms with van der Waals surface area (Å²) >= 11 is 1.74. The molecule has 7 heteroatoms. The van der Waals surface area contributed by atoms with Gasteiger partial charge in [0.2, 0.25) is 10.0 Å². The van der Waals surface area contributed by atoms with Gasteiger partial charge in [0.05, 0.1) is 11.3 Å². The molecule has 112 valence electrons. The second-order valence-electron chi connectivity index (χ2n) is 4.36. The first-order valence-corrected chi connectivity index (χ1v) is 9.28. The molecule has 0 spiro atoms. The second kappa shape index (κ2) is 8.28. The van der Waals surface area contributed by atoms with Gasteiger partial charge in [0.25, 0.3) is 0 Å². The molecule has 0 bridgehead atoms. The number of carboxylic acid groups (broad SMARTS) is 1. The van der Waals surface area contributed by atoms with Crippen molar-refractivity contribution in [1.82, 2.24) is 4.72 Å². The van der Waals surface area contributed by atoms with Crippen LogP contribution in [0, 0.1) is 0 Å². The number of benzene rings is 1. The Kier molecular flexibility index (Phi) is 7.04. The van der Waals surface area contributed by atoms with Gasteiger partial charge in [0, 0.05) is 6.54 Å². The average molecular weight is 317 g/mol. The van der Waals surface area contributed by atoms with E-state index in [0.29, 0.717) is 12.1 Å². The molecule has 0 saturated heterocycles. The molecule has 2 N–H and O–H groups in total. The van der Waals surface area contributed by atoms with Gasteiger partial charge in [0.15, 0.2) is 0 Å². The number of sulfonamides is 1. The number of carboxylic acids is 1. The first-order valence-electron chi connectivity index (χ1n) is 6.23. The maximum atomic E-state index is 11.8. The zero-order valence-electron chi connectivity index (χ0n) is 11.3. The lowest BCUT2D eigenvalue weighted by atomic mass is 10.1. The Morgan fingerprint density at radius 2 is 1.90 bits per heavy atom. The van der Waals surface area contributed by atoms with E-state index in [1.165, 1.54) is 24.3 Å². The third kappa shape index (κ3) is 6.40. The van der Waals surface area contributed by atoms with Crippen molar-refractivity contribution >= 4 is 27.8 Å². The highest BCUT2D eigenvalue weighted by Gasteiger charge is 2.11. The van der Waals surface area contributed by atoms with Crippen molar-refractivity contribution in [2.75, 3.05) is 18.6 Å². The van der Waals surface area contributed by atoms with Crippen LogP contribution in [0.25, 0.3) is 0 Å². The monoisotopic (exact) mass is 317 g/mol. The molecular weight excluding hydrogens is 298 g/mol. The molecule has 0 fully saturated rings. The number of unbranched alkanes of at least 4 members (excludes halogenated alkanes) is 1. The van der Waals surface area contributed by atoms with E-state index in [1.54, 1.807) is 11.8 Å². The highest BCUT2D eigenvalue weighted by molar-refractivity contribution is 7.98. The smallest absolute Gasteiger partial charge is 0.335 e. The molecule has 5 nitrogen and oxygen atoms in total. The summed E-state index contributed by atoms with van der Waals surface area (Å²) in [6.07, 6.45) is 3.82. The molecule has 0 saturated carbocycles. The molecule has 0 aliphatic heterocycles. The third-order valence-electron chi connectivity index (χ3n) is 2.65. The van der Waals surface area contributed by atoms with E-state index in [0.717, 1.165) is 18.6 Å². The standard InChI is InChI=1S/C13H19NO4S2/c1-19-9-3-2-8-14-20(17,18)10-11-4-6-12(7-5-11)13(15)16/h4-7,14H,2-3,8-10H2,1H3,(H,15,16). The zero-order chi connectivity index (χ0) is 15.0. The maximum Gasteiger partial charge on any atom is 0.335 e. The van der Waals surface area contributed by atoms with Gasteiger partial charge in [-0.15, -0.1) is 0 Å². The van der Waals surface area contributed by atoms with Gasteiger partial charge < -0.3 is 5.11 Å². The lowest BCUT2D eigenvalue weighted by Gasteiger charge is -2.07. The van der Waals surface area contributed by atoms with Crippen molar-refractivity contribution in [3.8, 4) is 0 Å². The molecule has 0 heterocycles. The van der Waals surface area contributed by atoms with E-state index in [4.69, 9.17) is 5.11 Å². The summed E-state index contributed by atoms with van der Waals surface area (Å²) in [5.41, 5.74) is 0.725. The maximum absolute atomic E-state index is 11.8. The molecule has 1 aromatic rings. The Labute approximate surface area is 123 Å². The van der Waals surface area contributed by atoms with E-state index in [1.807, 2.05) is 6.26 Å². The van der Waals surface area contributed by atoms with Crippen LogP contribution in [0.3, 0.4) is 0 Å². The molecule has 0 radical (unpaired) electrons. The third-order valence-corrected chi connectivity index (χ3v) is 4.71. The molecule has 1 rings (SSSR count). The largest absolute Gasteiger partial charge is 0.478 e. The van der Waals surface area contributed by atoms with Gasteiger partial charge in [-0.1, -0.05) is 12.1 Å². The van der Waals surface area contributed by atoms with Crippen molar-refractivity contribution in [1.29, 1.82) is 0 Å². The van der Waals surface area contributed by atoms with Crippen LogP contribution in [0.5, 0.6) is 0 Å². The number of hydrogen-bond donors (Lipinski definition) is 2. The van der Waals surface area contributed by atoms with Crippen molar-refractivity contribution in [2.45, 2.75) is 18.6 Å². The lowest BCUT2D eigenvalue weighted by Crippen LogP contribution is -2.26. The van der Waals surface area contributed by atoms with Crippen LogP contribution in [0.4, 0.5) is 0 Å². The fourth-order valence-electron chi connectivity index (χ4n) is 1.61. The van der Waals surface area contributed by atoms with Crippen LogP contribution < -0.4 is 4.72 Å². The van der Waals surface area contributed by atoms with Crippen LogP contribution in [0.2, 0.25) is 0 Å². The Bertz CT molecular complexity index is 526. The Morgan fingerprint density at radius 1 is 1.25 bits per heavy atom. The molecule has 0 aromatic heterocycles. The second-order valence-corrected chi connectivity index (χ2v) is 7.15. The Morgan fingerprint density at radius 3 is 2.45 bits per heavy atom. The summed E-state index contributed by atoms with van der Waals surface area (Å²) < 4.78 is 26.2. The van der Waals surface area contributed by atoms with E-state index in [2.05, 4.69) is 4.72 Å². The molecule has 0 amide bonds. The van der Waals surface area contributed by atoms with Gasteiger partial charge in [-0.25, -0.2) is 17.9 Å². The minimum atomic E-state index is -3.36. The van der Waals surface area contributed by atoms with E-state index in [9.17, 15) is 13.2 Å². The fourth-order valence-corrected chi connectivity index (χ4v) is 3.29. The van der Waals surface area contributed by atoms with Crippen molar-refractivity contribution in [3.63, 3.8) is 0 Å². The van der Waals surface area contributed by atoms with Gasteiger partial charge in [-0.2, -0.15) is 11.8 Å². The Balaban J connectivity index is 2.47. The minimum Gasteiger partial charge on any atom is -0.478 e. The van der Waals surface area contributed by atoms with Crippen LogP contribution in [-0.2, 0) is 15.8 Å². The van der Waals surface area contributed by atoms with Gasteiger partial charge in [0.1, 0.15) is 0 Å². The number of rotatable bonds is 9. The number of hydrogen-bond acceptors (Lipinski definition) is 4. The molecule has 1 aromatic carbocycles. The SMILES string of the molecule is CSCCCCNS(=O)(=O)Cc1ccc(C(=O)O)cc1. The molecule has 20 heavy (non-hydrogen) atoms. The van der Waals surface area contributed by atoms with Gasteiger partial charge >= 0.3 is 5.97 Å². The summed E-state index contributed by atoms with van der Waals surface area (Å²) in [4.78, 5) is 10.7. The van der Waals surface area contributed by atoms with Crippen molar-refractivity contribution in [3.05, 3.63) is 35.4 Å². The first-order chi connectivity index (χ1) is 9.44. The summed E-state index contributed by atoms with van der Waals surface area (Å²) in [5, 5.41) is 8.76. The molecule has 0 unspecified atom stereocenters. The lowest BCUT2D eigenvalue weighted by molar-refractivity contribution is 0.0697. The topological polar surface area (TPSA) is 83.5 Å². The van der Waals surface area contributed by atoms with E-state index < -0.39 is 16.0 Å². The average Bonchev–Trinajstić information content (AvgIpc) is 2.38. The van der Waals surface area contributed by atoms with Crippen LogP contribution in [-0.4, -0.2) is 38.0 Å². The number of thioether (sulfide) groups is 1. The molecule has 0 aliphatic carbocycles. The summed E-state index contributed by atoms with van der Waals surface area (Å²) in [6, 6.07) is 5.87. The van der Waals surface area contributed by atoms with Gasteiger partial charge in [-0.05, 0) is 42.5 Å². The quantitative estimate of drug-likeness (QED) is 0.680. The van der Waals surface area contributed by atoms with Crippen molar-refractivity contribution in [2.24, 2.45) is 0 Å². The van der Waals surface area contributed by atoms with Crippen LogP contribution in [0.1, 0.15) is 28.8 Å². The minimum absolute atomic E-state index is 0.130. The first kappa shape index (κ1) is 17.0. The van der Waals surface area contributed by atoms with Crippen LogP contribution in [0.15, 0.2) is 24.3 Å². The predicted molar refractivity (Wildman–Crippen MR) is 81.6 cm³/mol. The summed E-state index contributed by atoms with van der Waals surface area (Å²) in [5.74, 6) is -0.125. The number of aromatic carboxylic acids is 1. The van der Waals surface area contributed by atoms with Crippen LogP contribution >= 0.6 is 11.8 Å². The highest BCUT2D eigenvalue weighted by Crippen LogP contribution is 2.08. The molecule has 0 aliphatic rings. The van der Waals surface area contributed by atoms with Gasteiger partial charge in [-0.3, -0.25) is 0 Å².